The topological polar surface area (TPSA) is 71.5 Å². The molecule has 0 amide bonds. The van der Waals surface area contributed by atoms with Crippen LogP contribution in [0, 0.1) is 13.8 Å². The van der Waals surface area contributed by atoms with Crippen LogP contribution in [-0.2, 0) is 5.75 Å². The number of aromatic amines is 1. The Hall–Kier alpha value is -1.68. The first kappa shape index (κ1) is 21.5. The van der Waals surface area contributed by atoms with Gasteiger partial charge in [0.25, 0.3) is 5.56 Å². The van der Waals surface area contributed by atoms with E-state index in [0.717, 1.165) is 35.3 Å². The number of aryl methyl sites for hydroxylation is 2. The number of aromatic nitrogens is 4. The van der Waals surface area contributed by atoms with Gasteiger partial charge in [-0.3, -0.25) is 4.79 Å². The molecule has 0 saturated carbocycles. The highest BCUT2D eigenvalue weighted by molar-refractivity contribution is 8.02. The van der Waals surface area contributed by atoms with Crippen LogP contribution in [0.25, 0.3) is 21.3 Å². The van der Waals surface area contributed by atoms with Crippen molar-refractivity contribution in [3.63, 3.8) is 0 Å². The maximum atomic E-state index is 12.9. The van der Waals surface area contributed by atoms with Gasteiger partial charge >= 0.3 is 0 Å². The number of fused-ring (bicyclic) bond motifs is 1. The Morgan fingerprint density at radius 2 is 1.77 bits per heavy atom. The number of thioether (sulfide) groups is 2. The molecular formula is C21H22N4OS4. The lowest BCUT2D eigenvalue weighted by Gasteiger charge is -2.03. The summed E-state index contributed by atoms with van der Waals surface area (Å²) < 4.78 is 1.90. The summed E-state index contributed by atoms with van der Waals surface area (Å²) in [4.78, 5) is 22.5. The molecule has 0 atom stereocenters. The van der Waals surface area contributed by atoms with E-state index in [-0.39, 0.29) is 5.56 Å². The van der Waals surface area contributed by atoms with Crippen LogP contribution in [0.2, 0.25) is 0 Å². The van der Waals surface area contributed by atoms with Crippen molar-refractivity contribution in [2.24, 2.45) is 0 Å². The van der Waals surface area contributed by atoms with Crippen molar-refractivity contribution in [2.75, 3.05) is 5.75 Å². The van der Waals surface area contributed by atoms with E-state index in [2.05, 4.69) is 53.3 Å². The lowest BCUT2D eigenvalue weighted by atomic mass is 10.0. The zero-order valence-electron chi connectivity index (χ0n) is 17.0. The van der Waals surface area contributed by atoms with Crippen LogP contribution in [0.1, 0.15) is 36.0 Å². The van der Waals surface area contributed by atoms with Gasteiger partial charge < -0.3 is 4.98 Å². The van der Waals surface area contributed by atoms with Crippen molar-refractivity contribution in [1.82, 2.24) is 20.2 Å². The number of thiophene rings is 1. The molecule has 3 heterocycles. The molecule has 156 valence electrons. The second kappa shape index (κ2) is 9.64. The first-order valence-corrected chi connectivity index (χ1v) is 13.3. The van der Waals surface area contributed by atoms with E-state index >= 15 is 0 Å². The minimum absolute atomic E-state index is 0.0800. The Bertz CT molecular complexity index is 1210. The average Bonchev–Trinajstić information content (AvgIpc) is 3.31. The quantitative estimate of drug-likeness (QED) is 0.238. The van der Waals surface area contributed by atoms with E-state index in [1.54, 1.807) is 46.2 Å². The third-order valence-electron chi connectivity index (χ3n) is 4.57. The van der Waals surface area contributed by atoms with Crippen molar-refractivity contribution in [3.8, 4) is 11.1 Å². The Morgan fingerprint density at radius 1 is 1.03 bits per heavy atom. The highest BCUT2D eigenvalue weighted by atomic mass is 32.2. The van der Waals surface area contributed by atoms with Crippen molar-refractivity contribution in [3.05, 3.63) is 50.9 Å². The molecule has 0 unspecified atom stereocenters. The normalized spacial score (nSPS) is 11.4. The molecule has 4 rings (SSSR count). The highest BCUT2D eigenvalue weighted by Gasteiger charge is 2.17. The molecule has 1 N–H and O–H groups in total. The van der Waals surface area contributed by atoms with Crippen LogP contribution in [0.3, 0.4) is 0 Å². The van der Waals surface area contributed by atoms with Gasteiger partial charge in [0.2, 0.25) is 0 Å². The smallest absolute Gasteiger partial charge is 0.260 e. The largest absolute Gasteiger partial charge is 0.309 e. The average molecular weight is 475 g/mol. The lowest BCUT2D eigenvalue weighted by Crippen LogP contribution is -2.10. The molecule has 0 saturated heterocycles. The Balaban J connectivity index is 1.54. The summed E-state index contributed by atoms with van der Waals surface area (Å²) in [5.74, 6) is 2.31. The summed E-state index contributed by atoms with van der Waals surface area (Å²) in [5, 5.41) is 9.18. The van der Waals surface area contributed by atoms with Gasteiger partial charge in [-0.2, -0.15) is 0 Å². The number of H-pyrrole nitrogens is 1. The second-order valence-electron chi connectivity index (χ2n) is 6.92. The SMILES string of the molecule is CCCCSc1nnc(SCc2nc3sc(C)c(-c4ccc(C)cc4)c3c(=O)[nH]2)s1. The minimum atomic E-state index is -0.0800. The number of nitrogens with one attached hydrogen (secondary N) is 1. The number of unbranched alkanes of at least 4 members (excludes halogenated alkanes) is 1. The predicted octanol–water partition coefficient (Wildman–Crippen LogP) is 6.30. The van der Waals surface area contributed by atoms with E-state index in [1.165, 1.54) is 18.4 Å². The van der Waals surface area contributed by atoms with Crippen LogP contribution in [0.15, 0.2) is 37.7 Å². The number of rotatable bonds is 8. The van der Waals surface area contributed by atoms with Gasteiger partial charge in [-0.25, -0.2) is 4.98 Å². The zero-order valence-corrected chi connectivity index (χ0v) is 20.3. The standard InChI is InChI=1S/C21H22N4OS4/c1-4-5-10-27-20-24-25-21(30-20)28-11-15-22-18(26)17-16(13(3)29-19(17)23-15)14-8-6-12(2)7-9-14/h6-9H,4-5,10-11H2,1-3H3,(H,22,23,26). The molecule has 0 aliphatic rings. The van der Waals surface area contributed by atoms with Crippen LogP contribution in [0.5, 0.6) is 0 Å². The fourth-order valence-electron chi connectivity index (χ4n) is 3.05. The molecule has 0 fully saturated rings. The maximum Gasteiger partial charge on any atom is 0.260 e. The molecule has 1 aromatic carbocycles. The zero-order chi connectivity index (χ0) is 21.1. The molecule has 5 nitrogen and oxygen atoms in total. The van der Waals surface area contributed by atoms with E-state index in [9.17, 15) is 4.79 Å². The van der Waals surface area contributed by atoms with Gasteiger partial charge in [0.05, 0.1) is 11.1 Å². The van der Waals surface area contributed by atoms with Crippen LogP contribution in [-0.4, -0.2) is 25.9 Å². The first-order chi connectivity index (χ1) is 14.5. The summed E-state index contributed by atoms with van der Waals surface area (Å²) >= 11 is 6.49. The molecule has 30 heavy (non-hydrogen) atoms. The second-order valence-corrected chi connectivity index (χ2v) is 11.7. The monoisotopic (exact) mass is 474 g/mol. The first-order valence-electron chi connectivity index (χ1n) is 9.73. The van der Waals surface area contributed by atoms with E-state index in [0.29, 0.717) is 17.0 Å². The summed E-state index contributed by atoms with van der Waals surface area (Å²) in [6.07, 6.45) is 2.37. The van der Waals surface area contributed by atoms with Gasteiger partial charge in [0, 0.05) is 16.2 Å². The molecular weight excluding hydrogens is 453 g/mol. The number of benzene rings is 1. The van der Waals surface area contributed by atoms with Crippen LogP contribution >= 0.6 is 46.2 Å². The van der Waals surface area contributed by atoms with Gasteiger partial charge in [-0.1, -0.05) is 78.0 Å². The van der Waals surface area contributed by atoms with Gasteiger partial charge in [-0.15, -0.1) is 21.5 Å². The van der Waals surface area contributed by atoms with Gasteiger partial charge in [-0.05, 0) is 25.8 Å². The van der Waals surface area contributed by atoms with Crippen molar-refractivity contribution >= 4 is 56.4 Å². The predicted molar refractivity (Wildman–Crippen MR) is 130 cm³/mol. The molecule has 0 aliphatic heterocycles. The lowest BCUT2D eigenvalue weighted by molar-refractivity contribution is 0.892. The summed E-state index contributed by atoms with van der Waals surface area (Å²) in [6, 6.07) is 8.28. The van der Waals surface area contributed by atoms with Gasteiger partial charge in [0.15, 0.2) is 8.68 Å². The fraction of sp³-hybridized carbons (Fsp3) is 0.333. The van der Waals surface area contributed by atoms with Crippen molar-refractivity contribution < 1.29 is 0 Å². The van der Waals surface area contributed by atoms with Gasteiger partial charge in [0.1, 0.15) is 10.7 Å². The Morgan fingerprint density at radius 3 is 2.50 bits per heavy atom. The maximum absolute atomic E-state index is 12.9. The molecule has 0 aliphatic carbocycles. The van der Waals surface area contributed by atoms with Crippen molar-refractivity contribution in [2.45, 2.75) is 48.0 Å². The van der Waals surface area contributed by atoms with E-state index < -0.39 is 0 Å². The highest BCUT2D eigenvalue weighted by Crippen LogP contribution is 2.36. The summed E-state index contributed by atoms with van der Waals surface area (Å²) in [7, 11) is 0. The Kier molecular flexibility index (Phi) is 6.92. The minimum Gasteiger partial charge on any atom is -0.309 e. The molecule has 0 spiro atoms. The summed E-state index contributed by atoms with van der Waals surface area (Å²) in [6.45, 7) is 6.30. The summed E-state index contributed by atoms with van der Waals surface area (Å²) in [5.41, 5.74) is 3.16. The van der Waals surface area contributed by atoms with Crippen molar-refractivity contribution in [1.29, 1.82) is 0 Å². The molecule has 0 bridgehead atoms. The van der Waals surface area contributed by atoms with Crippen LogP contribution < -0.4 is 5.56 Å². The third-order valence-corrected chi connectivity index (χ3v) is 8.86. The number of hydrogen-bond donors (Lipinski definition) is 1. The number of hydrogen-bond acceptors (Lipinski definition) is 8. The fourth-order valence-corrected chi connectivity index (χ4v) is 7.16. The molecule has 3 aromatic heterocycles. The molecule has 4 aromatic rings. The third kappa shape index (κ3) is 4.80. The van der Waals surface area contributed by atoms with E-state index in [4.69, 9.17) is 4.98 Å². The molecule has 9 heteroatoms. The molecule has 0 radical (unpaired) electrons. The Labute approximate surface area is 191 Å². The van der Waals surface area contributed by atoms with E-state index in [1.807, 2.05) is 6.92 Å². The van der Waals surface area contributed by atoms with Crippen LogP contribution in [0.4, 0.5) is 0 Å². The number of nitrogens with zero attached hydrogens (tertiary/aromatic N) is 3.